The molecule has 0 aliphatic carbocycles. The number of carbonyl (C=O) groups excluding carboxylic acids is 1. The Morgan fingerprint density at radius 3 is 2.18 bits per heavy atom. The molecule has 0 radical (unpaired) electrons. The molecule has 0 aromatic heterocycles. The first-order chi connectivity index (χ1) is 10.1. The fraction of sp³-hybridized carbons (Fsp3) is 0.562. The van der Waals surface area contributed by atoms with Crippen molar-refractivity contribution in [3.63, 3.8) is 0 Å². The Hall–Kier alpha value is -1.72. The molecule has 0 aliphatic rings. The fourth-order valence-corrected chi connectivity index (χ4v) is 1.65. The van der Waals surface area contributed by atoms with Crippen molar-refractivity contribution >= 4 is 5.97 Å². The Morgan fingerprint density at radius 2 is 1.73 bits per heavy atom. The lowest BCUT2D eigenvalue weighted by Gasteiger charge is -2.23. The number of rotatable bonds is 6. The first kappa shape index (κ1) is 18.3. The number of hydrogen-bond acceptors (Lipinski definition) is 3. The van der Waals surface area contributed by atoms with Gasteiger partial charge in [0, 0.05) is 0 Å². The minimum atomic E-state index is -4.57. The summed E-state index contributed by atoms with van der Waals surface area (Å²) in [4.78, 5) is 11.3. The van der Waals surface area contributed by atoms with Gasteiger partial charge in [0.1, 0.15) is 5.75 Å². The van der Waals surface area contributed by atoms with E-state index in [0.29, 0.717) is 5.75 Å². The number of carbonyl (C=O) groups is 1. The third kappa shape index (κ3) is 5.24. The van der Waals surface area contributed by atoms with E-state index in [9.17, 15) is 18.0 Å². The molecule has 0 saturated carbocycles. The Balaban J connectivity index is 2.54. The van der Waals surface area contributed by atoms with E-state index in [-0.39, 0.29) is 5.41 Å². The maximum atomic E-state index is 12.2. The van der Waals surface area contributed by atoms with Crippen LogP contribution >= 0.6 is 0 Å². The number of ether oxygens (including phenoxy) is 2. The summed E-state index contributed by atoms with van der Waals surface area (Å²) < 4.78 is 46.1. The van der Waals surface area contributed by atoms with E-state index in [4.69, 9.17) is 4.74 Å². The van der Waals surface area contributed by atoms with E-state index in [1.807, 2.05) is 12.1 Å². The van der Waals surface area contributed by atoms with E-state index in [2.05, 4.69) is 25.5 Å². The molecule has 1 atom stereocenters. The summed E-state index contributed by atoms with van der Waals surface area (Å²) in [6, 6.07) is 7.13. The molecule has 0 saturated heterocycles. The van der Waals surface area contributed by atoms with Crippen LogP contribution in [0.2, 0.25) is 0 Å². The summed E-state index contributed by atoms with van der Waals surface area (Å²) in [5.41, 5.74) is 1.15. The Bertz CT molecular complexity index is 492. The van der Waals surface area contributed by atoms with Crippen molar-refractivity contribution in [2.45, 2.75) is 51.8 Å². The normalized spacial score (nSPS) is 13.6. The molecule has 1 unspecified atom stereocenters. The van der Waals surface area contributed by atoms with E-state index in [1.165, 1.54) is 0 Å². The standard InChI is InChI=1S/C16H21F3O3/c1-5-15(3,4)12-6-8-13(9-7-12)21-10-14(20)22-11(2)16(17,18)19/h6-9,11H,5,10H2,1-4H3. The topological polar surface area (TPSA) is 35.5 Å². The molecule has 0 N–H and O–H groups in total. The van der Waals surface area contributed by atoms with Gasteiger partial charge in [-0.2, -0.15) is 13.2 Å². The van der Waals surface area contributed by atoms with Crippen LogP contribution in [0.3, 0.4) is 0 Å². The average Bonchev–Trinajstić information content (AvgIpc) is 2.44. The van der Waals surface area contributed by atoms with Gasteiger partial charge in [0.05, 0.1) is 0 Å². The summed E-state index contributed by atoms with van der Waals surface area (Å²) in [5.74, 6) is -0.643. The highest BCUT2D eigenvalue weighted by atomic mass is 19.4. The van der Waals surface area contributed by atoms with Gasteiger partial charge in [0.15, 0.2) is 12.7 Å². The summed E-state index contributed by atoms with van der Waals surface area (Å²) in [6.45, 7) is 6.52. The Kier molecular flexibility index (Phi) is 5.85. The van der Waals surface area contributed by atoms with Gasteiger partial charge in [-0.05, 0) is 36.5 Å². The van der Waals surface area contributed by atoms with Crippen LogP contribution in [0.5, 0.6) is 5.75 Å². The lowest BCUT2D eigenvalue weighted by molar-refractivity contribution is -0.217. The van der Waals surface area contributed by atoms with Crippen LogP contribution in [0, 0.1) is 0 Å². The SMILES string of the molecule is CCC(C)(C)c1ccc(OCC(=O)OC(C)C(F)(F)F)cc1. The van der Waals surface area contributed by atoms with Crippen molar-refractivity contribution in [2.75, 3.05) is 6.61 Å². The van der Waals surface area contributed by atoms with Crippen LogP contribution in [0.25, 0.3) is 0 Å². The van der Waals surface area contributed by atoms with Gasteiger partial charge in [-0.3, -0.25) is 0 Å². The maximum absolute atomic E-state index is 12.2. The monoisotopic (exact) mass is 318 g/mol. The van der Waals surface area contributed by atoms with Crippen molar-refractivity contribution in [3.8, 4) is 5.75 Å². The zero-order chi connectivity index (χ0) is 17.0. The van der Waals surface area contributed by atoms with Crippen LogP contribution in [0.1, 0.15) is 39.7 Å². The number of hydrogen-bond donors (Lipinski definition) is 0. The van der Waals surface area contributed by atoms with Crippen molar-refractivity contribution in [3.05, 3.63) is 29.8 Å². The quantitative estimate of drug-likeness (QED) is 0.736. The fourth-order valence-electron chi connectivity index (χ4n) is 1.65. The lowest BCUT2D eigenvalue weighted by atomic mass is 9.82. The van der Waals surface area contributed by atoms with Crippen LogP contribution in [0.15, 0.2) is 24.3 Å². The van der Waals surface area contributed by atoms with E-state index >= 15 is 0 Å². The minimum absolute atomic E-state index is 0.0274. The number of alkyl halides is 3. The molecule has 0 fully saturated rings. The third-order valence-corrected chi connectivity index (χ3v) is 3.65. The highest BCUT2D eigenvalue weighted by Gasteiger charge is 2.39. The van der Waals surface area contributed by atoms with Crippen molar-refractivity contribution < 1.29 is 27.4 Å². The van der Waals surface area contributed by atoms with Crippen LogP contribution in [-0.2, 0) is 14.9 Å². The second kappa shape index (κ2) is 7.03. The van der Waals surface area contributed by atoms with Crippen LogP contribution in [-0.4, -0.2) is 24.9 Å². The Morgan fingerprint density at radius 1 is 1.18 bits per heavy atom. The molecule has 1 rings (SSSR count). The summed E-state index contributed by atoms with van der Waals surface area (Å²) in [6.07, 6.45) is -5.74. The molecule has 0 amide bonds. The van der Waals surface area contributed by atoms with Gasteiger partial charge in [0.2, 0.25) is 0 Å². The zero-order valence-electron chi connectivity index (χ0n) is 13.2. The second-order valence-electron chi connectivity index (χ2n) is 5.72. The predicted molar refractivity (Wildman–Crippen MR) is 76.9 cm³/mol. The van der Waals surface area contributed by atoms with E-state index < -0.39 is 24.9 Å². The number of halogens is 3. The molecular formula is C16H21F3O3. The summed E-state index contributed by atoms with van der Waals surface area (Å²) >= 11 is 0. The third-order valence-electron chi connectivity index (χ3n) is 3.65. The molecule has 124 valence electrons. The molecule has 0 aliphatic heterocycles. The van der Waals surface area contributed by atoms with Gasteiger partial charge in [-0.15, -0.1) is 0 Å². The first-order valence-electron chi connectivity index (χ1n) is 7.06. The summed E-state index contributed by atoms with van der Waals surface area (Å²) in [5, 5.41) is 0. The predicted octanol–water partition coefficient (Wildman–Crippen LogP) is 4.25. The number of benzene rings is 1. The second-order valence-corrected chi connectivity index (χ2v) is 5.72. The van der Waals surface area contributed by atoms with Gasteiger partial charge >= 0.3 is 12.1 Å². The van der Waals surface area contributed by atoms with Crippen LogP contribution in [0.4, 0.5) is 13.2 Å². The van der Waals surface area contributed by atoms with Crippen LogP contribution < -0.4 is 4.74 Å². The van der Waals surface area contributed by atoms with Gasteiger partial charge < -0.3 is 9.47 Å². The largest absolute Gasteiger partial charge is 0.482 e. The molecule has 1 aromatic rings. The van der Waals surface area contributed by atoms with Gasteiger partial charge in [0.25, 0.3) is 0 Å². The van der Waals surface area contributed by atoms with Gasteiger partial charge in [-0.25, -0.2) is 4.79 Å². The zero-order valence-corrected chi connectivity index (χ0v) is 13.2. The smallest absolute Gasteiger partial charge is 0.425 e. The molecule has 0 heterocycles. The molecule has 1 aromatic carbocycles. The maximum Gasteiger partial charge on any atom is 0.425 e. The number of esters is 1. The van der Waals surface area contributed by atoms with E-state index in [0.717, 1.165) is 18.9 Å². The van der Waals surface area contributed by atoms with Crippen molar-refractivity contribution in [1.82, 2.24) is 0 Å². The lowest BCUT2D eigenvalue weighted by Crippen LogP contribution is -2.32. The van der Waals surface area contributed by atoms with E-state index in [1.54, 1.807) is 12.1 Å². The first-order valence-corrected chi connectivity index (χ1v) is 7.06. The van der Waals surface area contributed by atoms with Crippen molar-refractivity contribution in [1.29, 1.82) is 0 Å². The minimum Gasteiger partial charge on any atom is -0.482 e. The summed E-state index contributed by atoms with van der Waals surface area (Å²) in [7, 11) is 0. The molecule has 6 heteroatoms. The molecule has 22 heavy (non-hydrogen) atoms. The van der Waals surface area contributed by atoms with Gasteiger partial charge in [-0.1, -0.05) is 32.9 Å². The highest BCUT2D eigenvalue weighted by molar-refractivity contribution is 5.71. The molecule has 0 spiro atoms. The molecule has 3 nitrogen and oxygen atoms in total. The molecule has 0 bridgehead atoms. The average molecular weight is 318 g/mol. The Labute approximate surface area is 128 Å². The van der Waals surface area contributed by atoms with Crippen molar-refractivity contribution in [2.24, 2.45) is 0 Å². The highest BCUT2D eigenvalue weighted by Crippen LogP contribution is 2.28. The molecular weight excluding hydrogens is 297 g/mol.